The number of aromatic nitrogens is 1. The zero-order valence-corrected chi connectivity index (χ0v) is 13.5. The topological polar surface area (TPSA) is 24.9 Å². The Morgan fingerprint density at radius 1 is 1.26 bits per heavy atom. The third-order valence-electron chi connectivity index (χ3n) is 2.79. The summed E-state index contributed by atoms with van der Waals surface area (Å²) in [7, 11) is 0. The average molecular weight is 388 g/mol. The molecule has 1 N–H and O–H groups in total. The number of nitrogens with zero attached hydrogens (tertiary/aromatic N) is 1. The van der Waals surface area contributed by atoms with E-state index in [-0.39, 0.29) is 11.9 Å². The molecule has 0 aliphatic rings. The number of hydrogen-bond donors (Lipinski definition) is 1. The molecule has 0 fully saturated rings. The Balaban J connectivity index is 2.51. The van der Waals surface area contributed by atoms with Crippen LogP contribution in [-0.2, 0) is 0 Å². The van der Waals surface area contributed by atoms with Gasteiger partial charge in [-0.25, -0.2) is 4.39 Å². The fraction of sp³-hybridized carbons (Fsp3) is 0.214. The lowest BCUT2D eigenvalue weighted by atomic mass is 9.99. The van der Waals surface area contributed by atoms with E-state index in [4.69, 9.17) is 0 Å². The molecule has 0 aliphatic carbocycles. The van der Waals surface area contributed by atoms with Crippen LogP contribution in [0.1, 0.15) is 24.1 Å². The Kier molecular flexibility index (Phi) is 5.07. The SMILES string of the molecule is CCNC(c1ccncc1F)c1cc(Br)ccc1Br. The van der Waals surface area contributed by atoms with Crippen LogP contribution < -0.4 is 5.32 Å². The van der Waals surface area contributed by atoms with Crippen LogP contribution in [0.3, 0.4) is 0 Å². The molecule has 0 bridgehead atoms. The molecule has 1 atom stereocenters. The highest BCUT2D eigenvalue weighted by Gasteiger charge is 2.19. The number of nitrogens with one attached hydrogen (secondary N) is 1. The van der Waals surface area contributed by atoms with Crippen LogP contribution in [0.4, 0.5) is 4.39 Å². The van der Waals surface area contributed by atoms with E-state index < -0.39 is 0 Å². The van der Waals surface area contributed by atoms with Gasteiger partial charge in [-0.2, -0.15) is 0 Å². The van der Waals surface area contributed by atoms with Crippen molar-refractivity contribution in [3.8, 4) is 0 Å². The van der Waals surface area contributed by atoms with Crippen LogP contribution in [0.5, 0.6) is 0 Å². The predicted molar refractivity (Wildman–Crippen MR) is 81.6 cm³/mol. The molecule has 1 aromatic carbocycles. The molecule has 0 aliphatic heterocycles. The van der Waals surface area contributed by atoms with Crippen LogP contribution in [-0.4, -0.2) is 11.5 Å². The molecule has 2 nitrogen and oxygen atoms in total. The maximum Gasteiger partial charge on any atom is 0.146 e. The molecule has 2 aromatic rings. The van der Waals surface area contributed by atoms with E-state index in [2.05, 4.69) is 42.2 Å². The van der Waals surface area contributed by atoms with Gasteiger partial charge in [0.05, 0.1) is 12.2 Å². The first-order valence-electron chi connectivity index (χ1n) is 5.91. The minimum Gasteiger partial charge on any atom is -0.306 e. The van der Waals surface area contributed by atoms with Crippen LogP contribution in [0.15, 0.2) is 45.6 Å². The second-order valence-electron chi connectivity index (χ2n) is 4.05. The van der Waals surface area contributed by atoms with Crippen LogP contribution in [0, 0.1) is 5.82 Å². The molecule has 0 radical (unpaired) electrons. The van der Waals surface area contributed by atoms with Crippen molar-refractivity contribution in [2.75, 3.05) is 6.54 Å². The average Bonchev–Trinajstić information content (AvgIpc) is 2.40. The van der Waals surface area contributed by atoms with E-state index in [0.717, 1.165) is 21.1 Å². The molecular formula is C14H13Br2FN2. The summed E-state index contributed by atoms with van der Waals surface area (Å²) >= 11 is 6.98. The molecule has 2 rings (SSSR count). The van der Waals surface area contributed by atoms with Crippen LogP contribution in [0.25, 0.3) is 0 Å². The number of rotatable bonds is 4. The van der Waals surface area contributed by atoms with Gasteiger partial charge in [-0.15, -0.1) is 0 Å². The standard InChI is InChI=1S/C14H13Br2FN2/c1-2-19-14(10-5-6-18-8-13(10)17)11-7-9(15)3-4-12(11)16/h3-8,14,19H,2H2,1H3. The minimum atomic E-state index is -0.305. The Bertz CT molecular complexity index is 575. The Morgan fingerprint density at radius 2 is 2.05 bits per heavy atom. The Hall–Kier alpha value is -0.780. The summed E-state index contributed by atoms with van der Waals surface area (Å²) in [6.45, 7) is 2.74. The zero-order chi connectivity index (χ0) is 13.8. The molecule has 0 saturated carbocycles. The number of benzene rings is 1. The highest BCUT2D eigenvalue weighted by molar-refractivity contribution is 9.11. The summed E-state index contributed by atoms with van der Waals surface area (Å²) in [4.78, 5) is 3.80. The van der Waals surface area contributed by atoms with Crippen LogP contribution >= 0.6 is 31.9 Å². The number of hydrogen-bond acceptors (Lipinski definition) is 2. The first kappa shape index (κ1) is 14.6. The molecule has 1 unspecified atom stereocenters. The lowest BCUT2D eigenvalue weighted by Gasteiger charge is -2.21. The third kappa shape index (κ3) is 3.41. The first-order valence-corrected chi connectivity index (χ1v) is 7.49. The molecule has 0 saturated heterocycles. The van der Waals surface area contributed by atoms with Crippen molar-refractivity contribution in [3.63, 3.8) is 0 Å². The van der Waals surface area contributed by atoms with Gasteiger partial charge in [0.1, 0.15) is 5.82 Å². The monoisotopic (exact) mass is 386 g/mol. The zero-order valence-electron chi connectivity index (χ0n) is 10.3. The number of halogens is 3. The lowest BCUT2D eigenvalue weighted by Crippen LogP contribution is -2.23. The van der Waals surface area contributed by atoms with Gasteiger partial charge in [0.25, 0.3) is 0 Å². The molecule has 0 spiro atoms. The molecule has 0 amide bonds. The van der Waals surface area contributed by atoms with E-state index in [1.165, 1.54) is 6.20 Å². The maximum absolute atomic E-state index is 14.0. The van der Waals surface area contributed by atoms with Crippen LogP contribution in [0.2, 0.25) is 0 Å². The lowest BCUT2D eigenvalue weighted by molar-refractivity contribution is 0.553. The van der Waals surface area contributed by atoms with Gasteiger partial charge in [0, 0.05) is 20.7 Å². The molecular weight excluding hydrogens is 375 g/mol. The minimum absolute atomic E-state index is 0.208. The van der Waals surface area contributed by atoms with E-state index in [1.54, 1.807) is 12.3 Å². The van der Waals surface area contributed by atoms with E-state index in [9.17, 15) is 4.39 Å². The maximum atomic E-state index is 14.0. The Labute approximate surface area is 128 Å². The second-order valence-corrected chi connectivity index (χ2v) is 5.82. The van der Waals surface area contributed by atoms with Gasteiger partial charge in [-0.3, -0.25) is 4.98 Å². The van der Waals surface area contributed by atoms with Crippen molar-refractivity contribution in [3.05, 3.63) is 62.5 Å². The Morgan fingerprint density at radius 3 is 2.74 bits per heavy atom. The van der Waals surface area contributed by atoms with Gasteiger partial charge in [0.2, 0.25) is 0 Å². The van der Waals surface area contributed by atoms with Crippen molar-refractivity contribution in [1.82, 2.24) is 10.3 Å². The third-order valence-corrected chi connectivity index (χ3v) is 4.01. The molecule has 1 heterocycles. The van der Waals surface area contributed by atoms with Gasteiger partial charge in [0.15, 0.2) is 0 Å². The van der Waals surface area contributed by atoms with Crippen molar-refractivity contribution in [1.29, 1.82) is 0 Å². The summed E-state index contributed by atoms with van der Waals surface area (Å²) in [6, 6.07) is 7.37. The predicted octanol–water partition coefficient (Wildman–Crippen LogP) is 4.44. The largest absolute Gasteiger partial charge is 0.306 e. The van der Waals surface area contributed by atoms with Gasteiger partial charge < -0.3 is 5.32 Å². The van der Waals surface area contributed by atoms with Crippen molar-refractivity contribution < 1.29 is 4.39 Å². The summed E-state index contributed by atoms with van der Waals surface area (Å²) in [5.74, 6) is -0.305. The van der Waals surface area contributed by atoms with Gasteiger partial charge in [-0.1, -0.05) is 38.8 Å². The summed E-state index contributed by atoms with van der Waals surface area (Å²) in [6.07, 6.45) is 2.85. The van der Waals surface area contributed by atoms with E-state index in [0.29, 0.717) is 5.56 Å². The smallest absolute Gasteiger partial charge is 0.146 e. The highest BCUT2D eigenvalue weighted by atomic mass is 79.9. The molecule has 5 heteroatoms. The van der Waals surface area contributed by atoms with Crippen molar-refractivity contribution >= 4 is 31.9 Å². The van der Waals surface area contributed by atoms with Crippen molar-refractivity contribution in [2.45, 2.75) is 13.0 Å². The van der Waals surface area contributed by atoms with Gasteiger partial charge >= 0.3 is 0 Å². The number of pyridine rings is 1. The second kappa shape index (κ2) is 6.59. The normalized spacial score (nSPS) is 12.4. The van der Waals surface area contributed by atoms with Gasteiger partial charge in [-0.05, 0) is 36.4 Å². The molecule has 100 valence electrons. The van der Waals surface area contributed by atoms with Crippen molar-refractivity contribution in [2.24, 2.45) is 0 Å². The summed E-state index contributed by atoms with van der Waals surface area (Å²) < 4.78 is 15.9. The van der Waals surface area contributed by atoms with E-state index >= 15 is 0 Å². The van der Waals surface area contributed by atoms with E-state index in [1.807, 2.05) is 25.1 Å². The summed E-state index contributed by atoms with van der Waals surface area (Å²) in [5.41, 5.74) is 1.58. The fourth-order valence-electron chi connectivity index (χ4n) is 1.95. The molecule has 1 aromatic heterocycles. The highest BCUT2D eigenvalue weighted by Crippen LogP contribution is 2.31. The quantitative estimate of drug-likeness (QED) is 0.838. The fourth-order valence-corrected chi connectivity index (χ4v) is 2.80. The molecule has 19 heavy (non-hydrogen) atoms. The first-order chi connectivity index (χ1) is 9.13. The summed E-state index contributed by atoms with van der Waals surface area (Å²) in [5, 5.41) is 3.31.